The number of aromatic amines is 1. The fourth-order valence-corrected chi connectivity index (χ4v) is 2.88. The number of carbonyl (C=O) groups is 1. The van der Waals surface area contributed by atoms with Crippen LogP contribution in [0.4, 0.5) is 4.79 Å². The largest absolute Gasteiger partial charge is 0.491 e. The lowest BCUT2D eigenvalue weighted by Gasteiger charge is -2.27. The molecule has 152 valence electrons. The van der Waals surface area contributed by atoms with Crippen LogP contribution in [0.15, 0.2) is 35.1 Å². The van der Waals surface area contributed by atoms with Crippen LogP contribution >= 0.6 is 0 Å². The Bertz CT molecular complexity index is 834. The van der Waals surface area contributed by atoms with Crippen LogP contribution < -0.4 is 20.9 Å². The summed E-state index contributed by atoms with van der Waals surface area (Å²) < 4.78 is 10.8. The molecule has 3 rings (SSSR count). The number of benzene rings is 1. The average Bonchev–Trinajstić information content (AvgIpc) is 2.72. The molecule has 4 N–H and O–H groups in total. The molecule has 1 atom stereocenters. The Morgan fingerprint density at radius 2 is 2.07 bits per heavy atom. The molecule has 2 aromatic rings. The zero-order valence-electron chi connectivity index (χ0n) is 15.6. The summed E-state index contributed by atoms with van der Waals surface area (Å²) in [4.78, 5) is 27.7. The van der Waals surface area contributed by atoms with Gasteiger partial charge in [0.15, 0.2) is 0 Å². The summed E-state index contributed by atoms with van der Waals surface area (Å²) >= 11 is 0. The number of aliphatic hydroxyl groups is 1. The van der Waals surface area contributed by atoms with Gasteiger partial charge in [0.2, 0.25) is 5.56 Å². The van der Waals surface area contributed by atoms with Crippen LogP contribution in [0, 0.1) is 0 Å². The number of pyridine rings is 1. The summed E-state index contributed by atoms with van der Waals surface area (Å²) in [6, 6.07) is 8.43. The van der Waals surface area contributed by atoms with Gasteiger partial charge in [0, 0.05) is 49.7 Å². The fourth-order valence-electron chi connectivity index (χ4n) is 2.88. The van der Waals surface area contributed by atoms with Gasteiger partial charge in [0.25, 0.3) is 0 Å². The van der Waals surface area contributed by atoms with Crippen LogP contribution in [-0.2, 0) is 4.74 Å². The van der Waals surface area contributed by atoms with Crippen LogP contribution in [0.1, 0.15) is 0 Å². The number of hydrogen-bond acceptors (Lipinski definition) is 6. The second-order valence-corrected chi connectivity index (χ2v) is 6.57. The summed E-state index contributed by atoms with van der Waals surface area (Å²) in [6.07, 6.45) is -0.679. The molecule has 0 spiro atoms. The van der Waals surface area contributed by atoms with Crippen molar-refractivity contribution < 1.29 is 19.4 Å². The first-order valence-corrected chi connectivity index (χ1v) is 9.37. The van der Waals surface area contributed by atoms with Crippen molar-refractivity contribution in [3.63, 3.8) is 0 Å². The van der Waals surface area contributed by atoms with Crippen molar-refractivity contribution in [3.8, 4) is 5.75 Å². The topological polar surface area (TPSA) is 116 Å². The lowest BCUT2D eigenvalue weighted by Crippen LogP contribution is -2.47. The van der Waals surface area contributed by atoms with Gasteiger partial charge in [-0.25, -0.2) is 4.79 Å². The maximum Gasteiger partial charge on any atom is 0.317 e. The molecule has 9 nitrogen and oxygen atoms in total. The highest BCUT2D eigenvalue weighted by molar-refractivity contribution is 5.79. The fraction of sp³-hybridized carbons (Fsp3) is 0.474. The van der Waals surface area contributed by atoms with Crippen molar-refractivity contribution >= 4 is 16.9 Å². The first kappa shape index (κ1) is 20.1. The molecule has 0 radical (unpaired) electrons. The van der Waals surface area contributed by atoms with Gasteiger partial charge >= 0.3 is 6.03 Å². The second-order valence-electron chi connectivity index (χ2n) is 6.57. The monoisotopic (exact) mass is 390 g/mol. The third kappa shape index (κ3) is 5.95. The number of ether oxygens (including phenoxy) is 2. The molecule has 0 aliphatic carbocycles. The molecule has 9 heteroatoms. The molecule has 1 fully saturated rings. The van der Waals surface area contributed by atoms with E-state index in [0.717, 1.165) is 10.9 Å². The number of urea groups is 1. The Balaban J connectivity index is 1.31. The van der Waals surface area contributed by atoms with Crippen molar-refractivity contribution in [2.24, 2.45) is 0 Å². The smallest absolute Gasteiger partial charge is 0.317 e. The van der Waals surface area contributed by atoms with E-state index in [9.17, 15) is 14.7 Å². The van der Waals surface area contributed by atoms with E-state index in [2.05, 4.69) is 15.6 Å². The molecule has 1 aromatic heterocycles. The number of aromatic nitrogens is 1. The lowest BCUT2D eigenvalue weighted by atomic mass is 10.2. The molecule has 2 heterocycles. The summed E-state index contributed by atoms with van der Waals surface area (Å²) in [6.45, 7) is 3.90. The van der Waals surface area contributed by atoms with Gasteiger partial charge in [-0.1, -0.05) is 0 Å². The Morgan fingerprint density at radius 1 is 1.25 bits per heavy atom. The maximum atomic E-state index is 11.9. The zero-order chi connectivity index (χ0) is 19.8. The molecule has 1 aromatic carbocycles. The van der Waals surface area contributed by atoms with Crippen LogP contribution in [-0.4, -0.2) is 79.7 Å². The summed E-state index contributed by atoms with van der Waals surface area (Å²) in [5.74, 6) is 0.622. The van der Waals surface area contributed by atoms with Crippen molar-refractivity contribution in [2.45, 2.75) is 6.10 Å². The number of carbonyl (C=O) groups excluding carboxylic acids is 1. The highest BCUT2D eigenvalue weighted by Gasteiger charge is 2.15. The van der Waals surface area contributed by atoms with E-state index >= 15 is 0 Å². The normalized spacial score (nSPS) is 15.4. The minimum atomic E-state index is -0.679. The molecule has 0 bridgehead atoms. The van der Waals surface area contributed by atoms with Gasteiger partial charge in [0.1, 0.15) is 18.5 Å². The second kappa shape index (κ2) is 10.1. The maximum absolute atomic E-state index is 11.9. The van der Waals surface area contributed by atoms with Crippen LogP contribution in [0.2, 0.25) is 0 Å². The number of morpholine rings is 1. The number of aliphatic hydroxyl groups excluding tert-OH is 1. The van der Waals surface area contributed by atoms with E-state index in [0.29, 0.717) is 51.7 Å². The SMILES string of the molecule is O=C(NCCNC[C@H](O)COc1ccc2[nH]c(=O)ccc2c1)N1CCOCC1. The molecule has 1 aliphatic rings. The van der Waals surface area contributed by atoms with Crippen LogP contribution in [0.5, 0.6) is 5.75 Å². The summed E-state index contributed by atoms with van der Waals surface area (Å²) in [5.41, 5.74) is 0.588. The van der Waals surface area contributed by atoms with Crippen molar-refractivity contribution in [1.82, 2.24) is 20.5 Å². The molecule has 0 unspecified atom stereocenters. The molecule has 28 heavy (non-hydrogen) atoms. The minimum absolute atomic E-state index is 0.0911. The first-order valence-electron chi connectivity index (χ1n) is 9.37. The zero-order valence-corrected chi connectivity index (χ0v) is 15.6. The molecular weight excluding hydrogens is 364 g/mol. The van der Waals surface area contributed by atoms with Gasteiger partial charge in [-0.15, -0.1) is 0 Å². The van der Waals surface area contributed by atoms with Gasteiger partial charge in [-0.05, 0) is 24.3 Å². The number of H-pyrrole nitrogens is 1. The van der Waals surface area contributed by atoms with E-state index in [1.807, 2.05) is 6.07 Å². The van der Waals surface area contributed by atoms with Gasteiger partial charge in [0.05, 0.1) is 13.2 Å². The Morgan fingerprint density at radius 3 is 2.89 bits per heavy atom. The van der Waals surface area contributed by atoms with Gasteiger partial charge in [-0.2, -0.15) is 0 Å². The van der Waals surface area contributed by atoms with Crippen LogP contribution in [0.3, 0.4) is 0 Å². The van der Waals surface area contributed by atoms with E-state index < -0.39 is 6.10 Å². The van der Waals surface area contributed by atoms with E-state index in [1.54, 1.807) is 23.1 Å². The summed E-state index contributed by atoms with van der Waals surface area (Å²) in [5, 5.41) is 16.8. The minimum Gasteiger partial charge on any atom is -0.491 e. The van der Waals surface area contributed by atoms with E-state index in [4.69, 9.17) is 9.47 Å². The number of fused-ring (bicyclic) bond motifs is 1. The predicted octanol–water partition coefficient (Wildman–Crippen LogP) is -0.101. The van der Waals surface area contributed by atoms with Crippen molar-refractivity contribution in [1.29, 1.82) is 0 Å². The molecule has 0 saturated carbocycles. The van der Waals surface area contributed by atoms with Crippen LogP contribution in [0.25, 0.3) is 10.9 Å². The van der Waals surface area contributed by atoms with Crippen molar-refractivity contribution in [2.75, 3.05) is 52.5 Å². The molecular formula is C19H26N4O5. The lowest BCUT2D eigenvalue weighted by molar-refractivity contribution is 0.0532. The third-order valence-corrected chi connectivity index (χ3v) is 4.39. The Kier molecular flexibility index (Phi) is 7.24. The third-order valence-electron chi connectivity index (χ3n) is 4.39. The number of rotatable bonds is 8. The molecule has 1 saturated heterocycles. The highest BCUT2D eigenvalue weighted by Crippen LogP contribution is 2.18. The quantitative estimate of drug-likeness (QED) is 0.468. The number of amides is 2. The number of hydrogen-bond donors (Lipinski definition) is 4. The van der Waals surface area contributed by atoms with Gasteiger partial charge in [-0.3, -0.25) is 4.79 Å². The standard InChI is InChI=1S/C19H26N4O5/c24-15(12-20-5-6-21-19(26)23-7-9-27-10-8-23)13-28-16-2-3-17-14(11-16)1-4-18(25)22-17/h1-4,11,15,20,24H,5-10,12-13H2,(H,21,26)(H,22,25)/t15-/m0/s1. The molecule has 1 aliphatic heterocycles. The Hall–Kier alpha value is -2.62. The highest BCUT2D eigenvalue weighted by atomic mass is 16.5. The molecule has 2 amide bonds. The predicted molar refractivity (Wildman–Crippen MR) is 105 cm³/mol. The van der Waals surface area contributed by atoms with E-state index in [1.165, 1.54) is 6.07 Å². The summed E-state index contributed by atoms with van der Waals surface area (Å²) in [7, 11) is 0. The van der Waals surface area contributed by atoms with Gasteiger partial charge < -0.3 is 35.1 Å². The Labute approximate surface area is 162 Å². The van der Waals surface area contributed by atoms with Crippen molar-refractivity contribution in [3.05, 3.63) is 40.7 Å². The van der Waals surface area contributed by atoms with E-state index in [-0.39, 0.29) is 18.2 Å². The number of nitrogens with one attached hydrogen (secondary N) is 3. The average molecular weight is 390 g/mol. The number of nitrogens with zero attached hydrogens (tertiary/aromatic N) is 1. The first-order chi connectivity index (χ1) is 13.6.